The Morgan fingerprint density at radius 3 is 2.60 bits per heavy atom. The molecule has 2 amide bonds. The molecule has 2 aromatic heterocycles. The minimum Gasteiger partial charge on any atom is -0.355 e. The van der Waals surface area contributed by atoms with E-state index in [4.69, 9.17) is 11.6 Å². The van der Waals surface area contributed by atoms with E-state index in [0.717, 1.165) is 0 Å². The van der Waals surface area contributed by atoms with Crippen LogP contribution in [0.1, 0.15) is 26.4 Å². The molecular weight excluding hydrogens is 494 g/mol. The van der Waals surface area contributed by atoms with E-state index in [1.807, 2.05) is 0 Å². The normalized spacial score (nSPS) is 11.8. The average Bonchev–Trinajstić information content (AvgIpc) is 3.10. The van der Waals surface area contributed by atoms with Crippen LogP contribution < -0.4 is 10.6 Å². The monoisotopic (exact) mass is 509 g/mol. The van der Waals surface area contributed by atoms with Crippen LogP contribution in [0.3, 0.4) is 0 Å². The van der Waals surface area contributed by atoms with Crippen molar-refractivity contribution in [1.29, 1.82) is 0 Å². The molecule has 0 bridgehead atoms. The molecule has 30 heavy (non-hydrogen) atoms. The quantitative estimate of drug-likeness (QED) is 0.548. The summed E-state index contributed by atoms with van der Waals surface area (Å²) in [7, 11) is 0.191. The number of halogens is 2. The molecule has 3 rings (SSSR count). The third-order valence-corrected chi connectivity index (χ3v) is 5.79. The Bertz CT molecular complexity index is 1180. The van der Waals surface area contributed by atoms with Gasteiger partial charge >= 0.3 is 0 Å². The van der Waals surface area contributed by atoms with Gasteiger partial charge in [0.05, 0.1) is 16.3 Å². The van der Waals surface area contributed by atoms with E-state index in [2.05, 4.69) is 36.6 Å². The van der Waals surface area contributed by atoms with Gasteiger partial charge in [0.2, 0.25) is 0 Å². The van der Waals surface area contributed by atoms with E-state index in [1.165, 1.54) is 36.3 Å². The lowest BCUT2D eigenvalue weighted by molar-refractivity contribution is 0.0963. The summed E-state index contributed by atoms with van der Waals surface area (Å²) >= 11 is 9.48. The summed E-state index contributed by atoms with van der Waals surface area (Å²) < 4.78 is 13.6. The molecule has 2 heterocycles. The Morgan fingerprint density at radius 1 is 1.23 bits per heavy atom. The molecule has 0 aliphatic heterocycles. The van der Waals surface area contributed by atoms with Gasteiger partial charge in [-0.1, -0.05) is 11.6 Å². The Kier molecular flexibility index (Phi) is 6.69. The fraction of sp³-hybridized carbons (Fsp3) is 0.158. The maximum Gasteiger partial charge on any atom is 0.274 e. The van der Waals surface area contributed by atoms with Gasteiger partial charge in [-0.25, -0.2) is 9.67 Å². The Hall–Kier alpha value is -2.56. The maximum absolute atomic E-state index is 13.1. The first-order valence-electron chi connectivity index (χ1n) is 8.61. The van der Waals surface area contributed by atoms with Crippen LogP contribution in [0.15, 0.2) is 46.0 Å². The lowest BCUT2D eigenvalue weighted by Crippen LogP contribution is -2.24. The summed E-state index contributed by atoms with van der Waals surface area (Å²) in [6.07, 6.45) is 3.06. The van der Waals surface area contributed by atoms with E-state index in [0.29, 0.717) is 25.8 Å². The maximum atomic E-state index is 13.1. The standard InChI is InChI=1S/C19H17BrClN5O3S/c1-10-7-11(30(3)29)8-12(18(27)22-2)16(10)24-19(28)14-9-15(20)25-26(14)17-13(21)5-4-6-23-17/h4-9H,1-3H3,(H,22,27)(H,24,28). The molecule has 156 valence electrons. The predicted octanol–water partition coefficient (Wildman–Crippen LogP) is 3.34. The largest absolute Gasteiger partial charge is 0.355 e. The second kappa shape index (κ2) is 9.07. The van der Waals surface area contributed by atoms with E-state index >= 15 is 0 Å². The van der Waals surface area contributed by atoms with Gasteiger partial charge in [0.15, 0.2) is 5.82 Å². The molecule has 0 aliphatic rings. The lowest BCUT2D eigenvalue weighted by Gasteiger charge is -2.15. The van der Waals surface area contributed by atoms with Gasteiger partial charge in [0, 0.05) is 41.3 Å². The van der Waals surface area contributed by atoms with Crippen molar-refractivity contribution in [3.8, 4) is 5.82 Å². The number of rotatable bonds is 5. The first kappa shape index (κ1) is 22.1. The number of pyridine rings is 1. The van der Waals surface area contributed by atoms with Crippen LogP contribution in [0, 0.1) is 6.92 Å². The van der Waals surface area contributed by atoms with Gasteiger partial charge < -0.3 is 10.6 Å². The summed E-state index contributed by atoms with van der Waals surface area (Å²) in [5, 5.41) is 9.87. The molecule has 1 atom stereocenters. The minimum atomic E-state index is -1.29. The molecule has 8 nitrogen and oxygen atoms in total. The van der Waals surface area contributed by atoms with E-state index in [1.54, 1.807) is 25.1 Å². The van der Waals surface area contributed by atoms with Crippen LogP contribution in [0.4, 0.5) is 5.69 Å². The number of nitrogens with one attached hydrogen (secondary N) is 2. The first-order valence-corrected chi connectivity index (χ1v) is 11.3. The molecule has 2 N–H and O–H groups in total. The number of amides is 2. The summed E-state index contributed by atoms with van der Waals surface area (Å²) in [6, 6.07) is 7.99. The Balaban J connectivity index is 2.07. The smallest absolute Gasteiger partial charge is 0.274 e. The minimum absolute atomic E-state index is 0.160. The molecule has 0 radical (unpaired) electrons. The van der Waals surface area contributed by atoms with Crippen LogP contribution in [-0.2, 0) is 10.8 Å². The molecule has 11 heteroatoms. The number of hydrogen-bond acceptors (Lipinski definition) is 5. The molecule has 1 aromatic carbocycles. The van der Waals surface area contributed by atoms with Gasteiger partial charge in [-0.05, 0) is 52.7 Å². The van der Waals surface area contributed by atoms with Crippen molar-refractivity contribution in [3.63, 3.8) is 0 Å². The predicted molar refractivity (Wildman–Crippen MR) is 119 cm³/mol. The lowest BCUT2D eigenvalue weighted by atomic mass is 10.1. The topological polar surface area (TPSA) is 106 Å². The number of benzene rings is 1. The van der Waals surface area contributed by atoms with E-state index < -0.39 is 22.6 Å². The highest BCUT2D eigenvalue weighted by atomic mass is 79.9. The van der Waals surface area contributed by atoms with Crippen LogP contribution in [0.25, 0.3) is 5.82 Å². The van der Waals surface area contributed by atoms with Crippen LogP contribution in [-0.4, -0.2) is 44.1 Å². The second-order valence-electron chi connectivity index (χ2n) is 6.22. The summed E-state index contributed by atoms with van der Waals surface area (Å²) in [6.45, 7) is 1.72. The van der Waals surface area contributed by atoms with Crippen molar-refractivity contribution in [3.05, 3.63) is 63.0 Å². The van der Waals surface area contributed by atoms with Gasteiger partial charge in [0.25, 0.3) is 11.8 Å². The van der Waals surface area contributed by atoms with Crippen LogP contribution >= 0.6 is 27.5 Å². The number of anilines is 1. The number of aryl methyl sites for hydroxylation is 1. The fourth-order valence-electron chi connectivity index (χ4n) is 2.79. The number of hydrogen-bond donors (Lipinski definition) is 2. The van der Waals surface area contributed by atoms with E-state index in [-0.39, 0.29) is 17.1 Å². The van der Waals surface area contributed by atoms with Gasteiger partial charge in [-0.15, -0.1) is 0 Å². The summed E-state index contributed by atoms with van der Waals surface area (Å²) in [5.74, 6) is -0.647. The average molecular weight is 511 g/mol. The van der Waals surface area contributed by atoms with Crippen molar-refractivity contribution in [2.45, 2.75) is 11.8 Å². The zero-order chi connectivity index (χ0) is 22.0. The van der Waals surface area contributed by atoms with E-state index in [9.17, 15) is 13.8 Å². The Labute approximate surface area is 188 Å². The second-order valence-corrected chi connectivity index (χ2v) is 8.82. The first-order chi connectivity index (χ1) is 14.2. The van der Waals surface area contributed by atoms with Crippen LogP contribution in [0.2, 0.25) is 5.02 Å². The molecule has 3 aromatic rings. The number of nitrogens with zero attached hydrogens (tertiary/aromatic N) is 3. The molecule has 0 fully saturated rings. The third-order valence-electron chi connectivity index (χ3n) is 4.20. The van der Waals surface area contributed by atoms with Gasteiger partial charge in [0.1, 0.15) is 10.3 Å². The summed E-state index contributed by atoms with van der Waals surface area (Å²) in [4.78, 5) is 30.2. The third kappa shape index (κ3) is 4.45. The van der Waals surface area contributed by atoms with Gasteiger partial charge in [-0.3, -0.25) is 13.8 Å². The van der Waals surface area contributed by atoms with Crippen molar-refractivity contribution >= 4 is 55.8 Å². The number of carbonyl (C=O) groups is 2. The SMILES string of the molecule is CNC(=O)c1cc(S(C)=O)cc(C)c1NC(=O)c1cc(Br)nn1-c1ncccc1Cl. The van der Waals surface area contributed by atoms with Gasteiger partial charge in [-0.2, -0.15) is 5.10 Å². The van der Waals surface area contributed by atoms with Crippen LogP contribution in [0.5, 0.6) is 0 Å². The molecular formula is C19H17BrClN5O3S. The highest BCUT2D eigenvalue weighted by Gasteiger charge is 2.22. The molecule has 1 unspecified atom stereocenters. The molecule has 0 aliphatic carbocycles. The molecule has 0 saturated heterocycles. The zero-order valence-corrected chi connectivity index (χ0v) is 19.4. The fourth-order valence-corrected chi connectivity index (χ4v) is 3.99. The van der Waals surface area contributed by atoms with Crippen molar-refractivity contribution in [2.24, 2.45) is 0 Å². The number of aromatic nitrogens is 3. The number of carbonyl (C=O) groups excluding carboxylic acids is 2. The highest BCUT2D eigenvalue weighted by molar-refractivity contribution is 9.10. The molecule has 0 spiro atoms. The van der Waals surface area contributed by atoms with Crippen molar-refractivity contribution in [2.75, 3.05) is 18.6 Å². The Morgan fingerprint density at radius 2 is 1.97 bits per heavy atom. The van der Waals surface area contributed by atoms with Crippen molar-refractivity contribution in [1.82, 2.24) is 20.1 Å². The summed E-state index contributed by atoms with van der Waals surface area (Å²) in [5.41, 5.74) is 1.27. The zero-order valence-electron chi connectivity index (χ0n) is 16.2. The van der Waals surface area contributed by atoms with Crippen molar-refractivity contribution < 1.29 is 13.8 Å². The molecule has 0 saturated carbocycles. The highest BCUT2D eigenvalue weighted by Crippen LogP contribution is 2.27.